The smallest absolute Gasteiger partial charge is 0.242 e. The summed E-state index contributed by atoms with van der Waals surface area (Å²) in [5, 5.41) is 3.41. The molecule has 0 bridgehead atoms. The van der Waals surface area contributed by atoms with Crippen LogP contribution in [0.1, 0.15) is 44.9 Å². The molecule has 1 aliphatic carbocycles. The van der Waals surface area contributed by atoms with Gasteiger partial charge in [0.15, 0.2) is 0 Å². The third-order valence-corrected chi connectivity index (χ3v) is 7.43. The van der Waals surface area contributed by atoms with Crippen molar-refractivity contribution in [3.05, 3.63) is 14.7 Å². The molecule has 1 atom stereocenters. The quantitative estimate of drug-likeness (QED) is 0.709. The fourth-order valence-corrected chi connectivity index (χ4v) is 6.26. The summed E-state index contributed by atoms with van der Waals surface area (Å²) in [5.41, 5.74) is 0. The molecule has 1 aromatic heterocycles. The van der Waals surface area contributed by atoms with Crippen LogP contribution in [0.25, 0.3) is 0 Å². The summed E-state index contributed by atoms with van der Waals surface area (Å²) in [5.74, 6) is 0.276. The molecule has 0 spiro atoms. The molecule has 21 heavy (non-hydrogen) atoms. The summed E-state index contributed by atoms with van der Waals surface area (Å²) in [6, 6.07) is 2.36. The highest BCUT2D eigenvalue weighted by Gasteiger charge is 2.26. The van der Waals surface area contributed by atoms with Crippen LogP contribution in [0.2, 0.25) is 0 Å². The first-order valence-corrected chi connectivity index (χ1v) is 10.5. The van der Waals surface area contributed by atoms with Gasteiger partial charge in [-0.1, -0.05) is 20.8 Å². The van der Waals surface area contributed by atoms with Gasteiger partial charge in [-0.25, -0.2) is 13.1 Å². The van der Waals surface area contributed by atoms with Crippen molar-refractivity contribution < 1.29 is 8.42 Å². The molecule has 1 heterocycles. The highest BCUT2D eigenvalue weighted by molar-refractivity contribution is 9.11. The zero-order valence-corrected chi connectivity index (χ0v) is 15.9. The summed E-state index contributed by atoms with van der Waals surface area (Å²) >= 11 is 4.89. The fourth-order valence-electron chi connectivity index (χ4n) is 2.15. The molecule has 0 aromatic carbocycles. The maximum absolute atomic E-state index is 12.5. The Kier molecular flexibility index (Phi) is 5.87. The van der Waals surface area contributed by atoms with E-state index >= 15 is 0 Å². The van der Waals surface area contributed by atoms with Crippen molar-refractivity contribution >= 4 is 37.3 Å². The topological polar surface area (TPSA) is 58.2 Å². The van der Waals surface area contributed by atoms with Gasteiger partial charge < -0.3 is 5.32 Å². The van der Waals surface area contributed by atoms with Crippen molar-refractivity contribution in [2.24, 2.45) is 5.92 Å². The highest BCUT2D eigenvalue weighted by Crippen LogP contribution is 2.32. The lowest BCUT2D eigenvalue weighted by Crippen LogP contribution is -2.37. The minimum atomic E-state index is -3.46. The van der Waals surface area contributed by atoms with E-state index in [4.69, 9.17) is 0 Å². The SMILES string of the molecule is CCC(NS(=O)(=O)c1cc(CNC2CC2)sc1Br)C(C)C. The van der Waals surface area contributed by atoms with E-state index in [9.17, 15) is 8.42 Å². The molecule has 0 amide bonds. The molecule has 4 nitrogen and oxygen atoms in total. The third-order valence-electron chi connectivity index (χ3n) is 3.69. The molecule has 7 heteroatoms. The van der Waals surface area contributed by atoms with Gasteiger partial charge in [0.2, 0.25) is 10.0 Å². The van der Waals surface area contributed by atoms with Crippen LogP contribution in [0.5, 0.6) is 0 Å². The molecule has 1 aliphatic rings. The van der Waals surface area contributed by atoms with E-state index in [-0.39, 0.29) is 12.0 Å². The average molecular weight is 395 g/mol. The van der Waals surface area contributed by atoms with Gasteiger partial charge in [0.25, 0.3) is 0 Å². The Bertz CT molecular complexity index is 580. The van der Waals surface area contributed by atoms with E-state index in [1.54, 1.807) is 6.07 Å². The third kappa shape index (κ3) is 4.76. The van der Waals surface area contributed by atoms with Gasteiger partial charge in [-0.05, 0) is 47.2 Å². The van der Waals surface area contributed by atoms with Crippen LogP contribution in [-0.2, 0) is 16.6 Å². The second-order valence-corrected chi connectivity index (χ2v) is 10.0. The predicted octanol–water partition coefficient (Wildman–Crippen LogP) is 3.48. The van der Waals surface area contributed by atoms with Gasteiger partial charge in [0, 0.05) is 23.5 Å². The Labute approximate surface area is 139 Å². The lowest BCUT2D eigenvalue weighted by Gasteiger charge is -2.20. The largest absolute Gasteiger partial charge is 0.309 e. The van der Waals surface area contributed by atoms with Gasteiger partial charge in [-0.2, -0.15) is 0 Å². The Hall–Kier alpha value is 0.0500. The van der Waals surface area contributed by atoms with Gasteiger partial charge in [0.05, 0.1) is 3.79 Å². The average Bonchev–Trinajstić information content (AvgIpc) is 3.15. The van der Waals surface area contributed by atoms with Crippen molar-refractivity contribution in [3.8, 4) is 0 Å². The molecular weight excluding hydrogens is 372 g/mol. The number of nitrogens with one attached hydrogen (secondary N) is 2. The Balaban J connectivity index is 2.10. The zero-order valence-electron chi connectivity index (χ0n) is 12.6. The fraction of sp³-hybridized carbons (Fsp3) is 0.714. The Morgan fingerprint density at radius 2 is 2.10 bits per heavy atom. The zero-order chi connectivity index (χ0) is 15.6. The minimum Gasteiger partial charge on any atom is -0.309 e. The van der Waals surface area contributed by atoms with Crippen molar-refractivity contribution in [2.45, 2.75) is 63.6 Å². The molecule has 1 fully saturated rings. The predicted molar refractivity (Wildman–Crippen MR) is 91.1 cm³/mol. The maximum Gasteiger partial charge on any atom is 0.242 e. The molecule has 2 rings (SSSR count). The Morgan fingerprint density at radius 3 is 2.62 bits per heavy atom. The molecule has 1 saturated carbocycles. The summed E-state index contributed by atoms with van der Waals surface area (Å²) in [7, 11) is -3.46. The van der Waals surface area contributed by atoms with Gasteiger partial charge in [-0.3, -0.25) is 0 Å². The van der Waals surface area contributed by atoms with Crippen LogP contribution in [0.15, 0.2) is 14.7 Å². The standard InChI is InChI=1S/C14H23BrN2O2S2/c1-4-12(9(2)3)17-21(18,19)13-7-11(20-14(13)15)8-16-10-5-6-10/h7,9-10,12,16-17H,4-6,8H2,1-3H3. The van der Waals surface area contributed by atoms with Gasteiger partial charge in [0.1, 0.15) is 4.90 Å². The summed E-state index contributed by atoms with van der Waals surface area (Å²) < 4.78 is 28.6. The van der Waals surface area contributed by atoms with E-state index in [0.717, 1.165) is 17.8 Å². The molecule has 120 valence electrons. The molecule has 1 aromatic rings. The lowest BCUT2D eigenvalue weighted by atomic mass is 10.0. The number of rotatable bonds is 8. The van der Waals surface area contributed by atoms with Crippen LogP contribution in [-0.4, -0.2) is 20.5 Å². The van der Waals surface area contributed by atoms with Crippen molar-refractivity contribution in [3.63, 3.8) is 0 Å². The second-order valence-electron chi connectivity index (χ2n) is 5.89. The van der Waals surface area contributed by atoms with E-state index < -0.39 is 10.0 Å². The minimum absolute atomic E-state index is 0.0326. The van der Waals surface area contributed by atoms with Crippen molar-refractivity contribution in [2.75, 3.05) is 0 Å². The van der Waals surface area contributed by atoms with Crippen LogP contribution < -0.4 is 10.0 Å². The Morgan fingerprint density at radius 1 is 1.43 bits per heavy atom. The van der Waals surface area contributed by atoms with E-state index in [0.29, 0.717) is 14.7 Å². The molecule has 0 radical (unpaired) electrons. The summed E-state index contributed by atoms with van der Waals surface area (Å²) in [4.78, 5) is 1.41. The number of halogens is 1. The van der Waals surface area contributed by atoms with Gasteiger partial charge >= 0.3 is 0 Å². The number of thiophene rings is 1. The van der Waals surface area contributed by atoms with Crippen LogP contribution in [0.4, 0.5) is 0 Å². The molecule has 0 aliphatic heterocycles. The molecule has 2 N–H and O–H groups in total. The summed E-state index contributed by atoms with van der Waals surface area (Å²) in [6.45, 7) is 6.81. The number of hydrogen-bond acceptors (Lipinski definition) is 4. The van der Waals surface area contributed by atoms with Crippen LogP contribution in [0, 0.1) is 5.92 Å². The first kappa shape index (κ1) is 17.4. The van der Waals surface area contributed by atoms with Crippen molar-refractivity contribution in [1.82, 2.24) is 10.0 Å². The van der Waals surface area contributed by atoms with Crippen LogP contribution >= 0.6 is 27.3 Å². The number of sulfonamides is 1. The highest BCUT2D eigenvalue weighted by atomic mass is 79.9. The van der Waals surface area contributed by atoms with E-state index in [1.165, 1.54) is 24.2 Å². The van der Waals surface area contributed by atoms with E-state index in [1.807, 2.05) is 20.8 Å². The second kappa shape index (κ2) is 7.08. The monoisotopic (exact) mass is 394 g/mol. The molecule has 1 unspecified atom stereocenters. The van der Waals surface area contributed by atoms with Crippen LogP contribution in [0.3, 0.4) is 0 Å². The summed E-state index contributed by atoms with van der Waals surface area (Å²) in [6.07, 6.45) is 3.24. The maximum atomic E-state index is 12.5. The molecular formula is C14H23BrN2O2S2. The van der Waals surface area contributed by atoms with E-state index in [2.05, 4.69) is 26.0 Å². The first-order chi connectivity index (χ1) is 9.83. The normalized spacial score (nSPS) is 17.4. The first-order valence-electron chi connectivity index (χ1n) is 7.37. The lowest BCUT2D eigenvalue weighted by molar-refractivity contribution is 0.437. The van der Waals surface area contributed by atoms with Crippen molar-refractivity contribution in [1.29, 1.82) is 0 Å². The number of hydrogen-bond donors (Lipinski definition) is 2. The molecule has 0 saturated heterocycles. The van der Waals surface area contributed by atoms with Gasteiger partial charge in [-0.15, -0.1) is 11.3 Å².